The molecule has 0 saturated carbocycles. The zero-order chi connectivity index (χ0) is 23.3. The molecule has 6 nitrogen and oxygen atoms in total. The van der Waals surface area contributed by atoms with Gasteiger partial charge in [-0.1, -0.05) is 25.1 Å². The zero-order valence-electron chi connectivity index (χ0n) is 19.3. The molecule has 166 valence electrons. The molecule has 0 radical (unpaired) electrons. The van der Waals surface area contributed by atoms with Crippen molar-refractivity contribution in [3.8, 4) is 0 Å². The molecule has 0 N–H and O–H groups in total. The number of carbonyl (C=O) groups excluding carboxylic acids is 3. The van der Waals surface area contributed by atoms with E-state index in [4.69, 9.17) is 4.74 Å². The lowest BCUT2D eigenvalue weighted by atomic mass is 9.99. The number of aromatic nitrogens is 1. The molecular formula is C25H32N2O4. The number of nitrogens with zero attached hydrogens (tertiary/aromatic N) is 2. The molecule has 1 aromatic carbocycles. The number of Topliss-reactive ketones (excluding diaryl/α,β-unsaturated/α-hetero) is 1. The van der Waals surface area contributed by atoms with Crippen molar-refractivity contribution in [1.29, 1.82) is 0 Å². The Kier molecular flexibility index (Phi) is 7.97. The summed E-state index contributed by atoms with van der Waals surface area (Å²) in [5.74, 6) is -0.922. The predicted molar refractivity (Wildman–Crippen MR) is 122 cm³/mol. The van der Waals surface area contributed by atoms with Crippen molar-refractivity contribution < 1.29 is 19.1 Å². The second-order valence-corrected chi connectivity index (χ2v) is 7.55. The van der Waals surface area contributed by atoms with Crippen LogP contribution >= 0.6 is 0 Å². The Hall–Kier alpha value is -3.15. The molecule has 0 fully saturated rings. The third-order valence-electron chi connectivity index (χ3n) is 5.69. The number of esters is 1. The van der Waals surface area contributed by atoms with E-state index in [1.165, 1.54) is 4.90 Å². The third kappa shape index (κ3) is 4.79. The fourth-order valence-corrected chi connectivity index (χ4v) is 3.78. The number of carbonyl (C=O) groups is 3. The number of ether oxygens (including phenoxy) is 1. The van der Waals surface area contributed by atoms with Crippen LogP contribution in [0.15, 0.2) is 36.9 Å². The van der Waals surface area contributed by atoms with Crippen LogP contribution in [0.5, 0.6) is 0 Å². The van der Waals surface area contributed by atoms with Gasteiger partial charge in [0.1, 0.15) is 5.69 Å². The van der Waals surface area contributed by atoms with Crippen LogP contribution in [0.2, 0.25) is 0 Å². The van der Waals surface area contributed by atoms with Crippen LogP contribution in [-0.2, 0) is 18.2 Å². The Morgan fingerprint density at radius 2 is 1.77 bits per heavy atom. The van der Waals surface area contributed by atoms with Gasteiger partial charge < -0.3 is 14.2 Å². The van der Waals surface area contributed by atoms with E-state index in [0.29, 0.717) is 28.1 Å². The summed E-state index contributed by atoms with van der Waals surface area (Å²) >= 11 is 0. The first-order chi connectivity index (χ1) is 14.7. The number of aryl methyl sites for hydroxylation is 1. The Bertz CT molecular complexity index is 986. The molecule has 1 atom stereocenters. The van der Waals surface area contributed by atoms with E-state index in [1.807, 2.05) is 12.1 Å². The lowest BCUT2D eigenvalue weighted by Gasteiger charge is -2.27. The lowest BCUT2D eigenvalue weighted by molar-refractivity contribution is 0.0513. The SMILES string of the molecule is C=CCN(C(=O)c1ccc(CC)cc1)[C@H](C)C(=O)c1c(C)c(C(=O)OCC)n(C)c1C. The highest BCUT2D eigenvalue weighted by atomic mass is 16.5. The molecule has 0 aliphatic heterocycles. The molecule has 31 heavy (non-hydrogen) atoms. The van der Waals surface area contributed by atoms with Gasteiger partial charge in [-0.3, -0.25) is 9.59 Å². The van der Waals surface area contributed by atoms with Crippen LogP contribution in [0.1, 0.15) is 68.8 Å². The minimum absolute atomic E-state index is 0.221. The molecule has 1 heterocycles. The number of hydrogen-bond acceptors (Lipinski definition) is 4. The minimum atomic E-state index is -0.730. The van der Waals surface area contributed by atoms with Crippen LogP contribution < -0.4 is 0 Å². The van der Waals surface area contributed by atoms with Gasteiger partial charge in [0, 0.05) is 30.4 Å². The highest BCUT2D eigenvalue weighted by Gasteiger charge is 2.32. The van der Waals surface area contributed by atoms with Crippen molar-refractivity contribution in [2.45, 2.75) is 47.1 Å². The van der Waals surface area contributed by atoms with Crippen LogP contribution in [-0.4, -0.2) is 46.3 Å². The lowest BCUT2D eigenvalue weighted by Crippen LogP contribution is -2.43. The summed E-state index contributed by atoms with van der Waals surface area (Å²) in [6.07, 6.45) is 2.49. The van der Waals surface area contributed by atoms with Gasteiger partial charge in [-0.15, -0.1) is 6.58 Å². The standard InChI is InChI=1S/C25H32N2O4/c1-8-15-27(24(29)20-13-11-19(9-2)12-14-20)18(6)23(28)21-16(4)22(25(30)31-10-3)26(7)17(21)5/h8,11-14,18H,1,9-10,15H2,2-7H3/t18-/m1/s1. The fraction of sp³-hybridized carbons (Fsp3) is 0.400. The van der Waals surface area contributed by atoms with E-state index in [9.17, 15) is 14.4 Å². The third-order valence-corrected chi connectivity index (χ3v) is 5.69. The second kappa shape index (κ2) is 10.2. The second-order valence-electron chi connectivity index (χ2n) is 7.55. The van der Waals surface area contributed by atoms with Gasteiger partial charge in [0.2, 0.25) is 0 Å². The molecule has 0 spiro atoms. The molecule has 0 aliphatic carbocycles. The molecule has 6 heteroatoms. The highest BCUT2D eigenvalue weighted by Crippen LogP contribution is 2.25. The average Bonchev–Trinajstić information content (AvgIpc) is 2.99. The normalized spacial score (nSPS) is 11.7. The van der Waals surface area contributed by atoms with Gasteiger partial charge >= 0.3 is 5.97 Å². The van der Waals surface area contributed by atoms with E-state index >= 15 is 0 Å². The summed E-state index contributed by atoms with van der Waals surface area (Å²) in [6.45, 7) is 13.3. The maximum Gasteiger partial charge on any atom is 0.355 e. The molecule has 0 bridgehead atoms. The van der Waals surface area contributed by atoms with E-state index in [-0.39, 0.29) is 24.8 Å². The number of rotatable bonds is 9. The topological polar surface area (TPSA) is 68.6 Å². The van der Waals surface area contributed by atoms with Gasteiger partial charge in [0.25, 0.3) is 5.91 Å². The summed E-state index contributed by atoms with van der Waals surface area (Å²) in [7, 11) is 1.73. The van der Waals surface area contributed by atoms with E-state index in [2.05, 4.69) is 13.5 Å². The molecule has 1 aromatic heterocycles. The zero-order valence-corrected chi connectivity index (χ0v) is 19.3. The van der Waals surface area contributed by atoms with E-state index in [0.717, 1.165) is 12.0 Å². The van der Waals surface area contributed by atoms with Crippen molar-refractivity contribution in [3.63, 3.8) is 0 Å². The summed E-state index contributed by atoms with van der Waals surface area (Å²) in [6, 6.07) is 6.68. The molecule has 0 aliphatic rings. The fourth-order valence-electron chi connectivity index (χ4n) is 3.78. The van der Waals surface area contributed by atoms with Crippen molar-refractivity contribution in [3.05, 3.63) is 70.6 Å². The Balaban J connectivity index is 2.42. The molecular weight excluding hydrogens is 392 g/mol. The largest absolute Gasteiger partial charge is 0.461 e. The van der Waals surface area contributed by atoms with Gasteiger partial charge in [-0.2, -0.15) is 0 Å². The van der Waals surface area contributed by atoms with Crippen LogP contribution in [0.3, 0.4) is 0 Å². The van der Waals surface area contributed by atoms with Crippen molar-refractivity contribution >= 4 is 17.7 Å². The van der Waals surface area contributed by atoms with Crippen LogP contribution in [0, 0.1) is 13.8 Å². The van der Waals surface area contributed by atoms with Gasteiger partial charge in [0.05, 0.1) is 12.6 Å². The van der Waals surface area contributed by atoms with E-state index in [1.54, 1.807) is 57.5 Å². The number of ketones is 1. The van der Waals surface area contributed by atoms with Crippen LogP contribution in [0.25, 0.3) is 0 Å². The minimum Gasteiger partial charge on any atom is -0.461 e. The molecule has 2 aromatic rings. The van der Waals surface area contributed by atoms with Gasteiger partial charge in [-0.05, 0) is 57.4 Å². The number of amides is 1. The van der Waals surface area contributed by atoms with Gasteiger partial charge in [0.15, 0.2) is 5.78 Å². The summed E-state index contributed by atoms with van der Waals surface area (Å²) in [5.41, 5.74) is 3.68. The van der Waals surface area contributed by atoms with Gasteiger partial charge in [-0.25, -0.2) is 4.79 Å². The first-order valence-corrected chi connectivity index (χ1v) is 10.6. The first-order valence-electron chi connectivity index (χ1n) is 10.6. The summed E-state index contributed by atoms with van der Waals surface area (Å²) < 4.78 is 6.83. The number of benzene rings is 1. The Morgan fingerprint density at radius 1 is 1.16 bits per heavy atom. The first kappa shape index (κ1) is 24.1. The average molecular weight is 425 g/mol. The maximum absolute atomic E-state index is 13.5. The molecule has 1 amide bonds. The molecule has 0 saturated heterocycles. The highest BCUT2D eigenvalue weighted by molar-refractivity contribution is 6.07. The molecule has 0 unspecified atom stereocenters. The summed E-state index contributed by atoms with van der Waals surface area (Å²) in [5, 5.41) is 0. The quantitative estimate of drug-likeness (QED) is 0.342. The Labute approximate surface area is 184 Å². The maximum atomic E-state index is 13.5. The predicted octanol–water partition coefficient (Wildman–Crippen LogP) is 4.28. The number of hydrogen-bond donors (Lipinski definition) is 0. The smallest absolute Gasteiger partial charge is 0.355 e. The van der Waals surface area contributed by atoms with Crippen molar-refractivity contribution in [1.82, 2.24) is 9.47 Å². The van der Waals surface area contributed by atoms with Crippen LogP contribution in [0.4, 0.5) is 0 Å². The molecule has 2 rings (SSSR count). The summed E-state index contributed by atoms with van der Waals surface area (Å²) in [4.78, 5) is 40.6. The monoisotopic (exact) mass is 424 g/mol. The van der Waals surface area contributed by atoms with Crippen molar-refractivity contribution in [2.24, 2.45) is 7.05 Å². The Morgan fingerprint density at radius 3 is 2.29 bits per heavy atom. The van der Waals surface area contributed by atoms with Crippen molar-refractivity contribution in [2.75, 3.05) is 13.2 Å². The van der Waals surface area contributed by atoms with E-state index < -0.39 is 12.0 Å².